The minimum Gasteiger partial charge on any atom is -0.327 e. The van der Waals surface area contributed by atoms with E-state index in [9.17, 15) is 0 Å². The Morgan fingerprint density at radius 3 is 2.57 bits per heavy atom. The van der Waals surface area contributed by atoms with Gasteiger partial charge in [0.05, 0.1) is 0 Å². The first-order valence-corrected chi connectivity index (χ1v) is 5.30. The summed E-state index contributed by atoms with van der Waals surface area (Å²) in [5.74, 6) is 0. The van der Waals surface area contributed by atoms with Gasteiger partial charge >= 0.3 is 0 Å². The highest BCUT2D eigenvalue weighted by Gasteiger charge is 1.93. The number of hydrogen-bond acceptors (Lipinski definition) is 1. The largest absolute Gasteiger partial charge is 0.327 e. The van der Waals surface area contributed by atoms with Crippen LogP contribution in [0.3, 0.4) is 0 Å². The van der Waals surface area contributed by atoms with Gasteiger partial charge in [-0.25, -0.2) is 0 Å². The Morgan fingerprint density at radius 1 is 1.29 bits per heavy atom. The zero-order valence-corrected chi connectivity index (χ0v) is 9.09. The molecule has 0 amide bonds. The SMILES string of the molecule is CC/C=c1/cccc/c1=C(/CC)CN. The van der Waals surface area contributed by atoms with Crippen molar-refractivity contribution in [2.45, 2.75) is 26.7 Å². The van der Waals surface area contributed by atoms with Crippen molar-refractivity contribution in [1.29, 1.82) is 0 Å². The van der Waals surface area contributed by atoms with E-state index in [0.717, 1.165) is 12.8 Å². The van der Waals surface area contributed by atoms with Gasteiger partial charge in [-0.2, -0.15) is 0 Å². The molecule has 1 rings (SSSR count). The lowest BCUT2D eigenvalue weighted by molar-refractivity contribution is 1.11. The standard InChI is InChI=1S/C13H19N/c1-3-7-12-8-5-6-9-13(12)11(4-2)10-14/h5-9H,3-4,10,14H2,1-2H3/b12-7-,13-11+. The fourth-order valence-corrected chi connectivity index (χ4v) is 1.66. The van der Waals surface area contributed by atoms with Crippen LogP contribution in [-0.2, 0) is 0 Å². The molecule has 76 valence electrons. The summed E-state index contributed by atoms with van der Waals surface area (Å²) in [7, 11) is 0. The van der Waals surface area contributed by atoms with Crippen LogP contribution < -0.4 is 16.2 Å². The van der Waals surface area contributed by atoms with E-state index in [4.69, 9.17) is 5.73 Å². The maximum absolute atomic E-state index is 5.73. The van der Waals surface area contributed by atoms with Crippen molar-refractivity contribution < 1.29 is 0 Å². The highest BCUT2D eigenvalue weighted by atomic mass is 14.5. The fourth-order valence-electron chi connectivity index (χ4n) is 1.66. The van der Waals surface area contributed by atoms with Crippen molar-refractivity contribution >= 4 is 11.6 Å². The van der Waals surface area contributed by atoms with E-state index in [1.54, 1.807) is 0 Å². The van der Waals surface area contributed by atoms with Crippen LogP contribution in [0.5, 0.6) is 0 Å². The number of benzene rings is 1. The Morgan fingerprint density at radius 2 is 2.00 bits per heavy atom. The number of nitrogens with two attached hydrogens (primary N) is 1. The fraction of sp³-hybridized carbons (Fsp3) is 0.385. The summed E-state index contributed by atoms with van der Waals surface area (Å²) in [5, 5.41) is 2.64. The molecule has 0 radical (unpaired) electrons. The molecule has 0 aliphatic carbocycles. The minimum absolute atomic E-state index is 0.658. The van der Waals surface area contributed by atoms with Crippen LogP contribution in [0.25, 0.3) is 11.6 Å². The van der Waals surface area contributed by atoms with E-state index in [1.165, 1.54) is 16.0 Å². The molecule has 0 aliphatic heterocycles. The van der Waals surface area contributed by atoms with Crippen molar-refractivity contribution in [3.63, 3.8) is 0 Å². The molecule has 0 atom stereocenters. The zero-order chi connectivity index (χ0) is 10.4. The molecule has 1 aromatic rings. The van der Waals surface area contributed by atoms with Gasteiger partial charge in [-0.05, 0) is 28.9 Å². The molecule has 1 heteroatoms. The summed E-state index contributed by atoms with van der Waals surface area (Å²) < 4.78 is 0. The molecule has 0 fully saturated rings. The molecule has 0 aromatic heterocycles. The van der Waals surface area contributed by atoms with Gasteiger partial charge in [-0.3, -0.25) is 0 Å². The molecule has 0 spiro atoms. The third-order valence-corrected chi connectivity index (χ3v) is 2.44. The third kappa shape index (κ3) is 2.46. The maximum atomic E-state index is 5.73. The van der Waals surface area contributed by atoms with Crippen LogP contribution in [0.1, 0.15) is 26.7 Å². The van der Waals surface area contributed by atoms with E-state index < -0.39 is 0 Å². The van der Waals surface area contributed by atoms with Crippen LogP contribution in [0.4, 0.5) is 0 Å². The van der Waals surface area contributed by atoms with Crippen molar-refractivity contribution in [2.75, 3.05) is 6.54 Å². The van der Waals surface area contributed by atoms with E-state index in [1.807, 2.05) is 0 Å². The zero-order valence-electron chi connectivity index (χ0n) is 9.09. The first-order valence-electron chi connectivity index (χ1n) is 5.30. The van der Waals surface area contributed by atoms with Crippen molar-refractivity contribution in [2.24, 2.45) is 5.73 Å². The molecular weight excluding hydrogens is 170 g/mol. The second kappa shape index (κ2) is 5.61. The molecule has 0 saturated heterocycles. The summed E-state index contributed by atoms with van der Waals surface area (Å²) >= 11 is 0. The molecule has 14 heavy (non-hydrogen) atoms. The summed E-state index contributed by atoms with van der Waals surface area (Å²) in [6, 6.07) is 8.47. The second-order valence-corrected chi connectivity index (χ2v) is 3.36. The lowest BCUT2D eigenvalue weighted by Gasteiger charge is -2.00. The minimum atomic E-state index is 0.658. The third-order valence-electron chi connectivity index (χ3n) is 2.44. The Bertz CT molecular complexity index is 384. The first kappa shape index (κ1) is 11.0. The predicted molar refractivity (Wildman–Crippen MR) is 63.2 cm³/mol. The molecule has 0 unspecified atom stereocenters. The number of rotatable bonds is 3. The normalized spacial score (nSPS) is 14.4. The molecule has 0 aliphatic rings. The van der Waals surface area contributed by atoms with Gasteiger partial charge in [-0.1, -0.05) is 44.2 Å². The molecule has 0 saturated carbocycles. The molecule has 1 aromatic carbocycles. The summed E-state index contributed by atoms with van der Waals surface area (Å²) in [4.78, 5) is 0. The monoisotopic (exact) mass is 189 g/mol. The first-order chi connectivity index (χ1) is 6.83. The Hall–Kier alpha value is -1.08. The summed E-state index contributed by atoms with van der Waals surface area (Å²) in [5.41, 5.74) is 7.07. The molecule has 0 bridgehead atoms. The van der Waals surface area contributed by atoms with Crippen LogP contribution >= 0.6 is 0 Å². The van der Waals surface area contributed by atoms with Gasteiger partial charge < -0.3 is 5.73 Å². The average Bonchev–Trinajstić information content (AvgIpc) is 2.23. The number of hydrogen-bond donors (Lipinski definition) is 1. The van der Waals surface area contributed by atoms with E-state index >= 15 is 0 Å². The molecule has 0 heterocycles. The maximum Gasteiger partial charge on any atom is 0.0145 e. The molecular formula is C13H19N. The van der Waals surface area contributed by atoms with E-state index in [-0.39, 0.29) is 0 Å². The van der Waals surface area contributed by atoms with Gasteiger partial charge in [0.25, 0.3) is 0 Å². The lowest BCUT2D eigenvalue weighted by atomic mass is 10.1. The summed E-state index contributed by atoms with van der Waals surface area (Å²) in [6.45, 7) is 4.97. The summed E-state index contributed by atoms with van der Waals surface area (Å²) in [6.07, 6.45) is 4.35. The smallest absolute Gasteiger partial charge is 0.0145 e. The van der Waals surface area contributed by atoms with E-state index in [2.05, 4.69) is 44.2 Å². The quantitative estimate of drug-likeness (QED) is 0.764. The Balaban J connectivity index is 3.47. The van der Waals surface area contributed by atoms with E-state index in [0.29, 0.717) is 6.54 Å². The van der Waals surface area contributed by atoms with Crippen molar-refractivity contribution in [1.82, 2.24) is 0 Å². The predicted octanol–water partition coefficient (Wildman–Crippen LogP) is 1.40. The highest BCUT2D eigenvalue weighted by Crippen LogP contribution is 1.94. The topological polar surface area (TPSA) is 26.0 Å². The lowest BCUT2D eigenvalue weighted by Crippen LogP contribution is -2.28. The Kier molecular flexibility index (Phi) is 4.41. The van der Waals surface area contributed by atoms with Crippen LogP contribution in [-0.4, -0.2) is 6.54 Å². The molecule has 1 nitrogen and oxygen atoms in total. The average molecular weight is 189 g/mol. The second-order valence-electron chi connectivity index (χ2n) is 3.36. The highest BCUT2D eigenvalue weighted by molar-refractivity contribution is 5.47. The van der Waals surface area contributed by atoms with Gasteiger partial charge in [0.15, 0.2) is 0 Å². The van der Waals surface area contributed by atoms with Gasteiger partial charge in [0.1, 0.15) is 0 Å². The van der Waals surface area contributed by atoms with Crippen LogP contribution in [0.2, 0.25) is 0 Å². The van der Waals surface area contributed by atoms with Gasteiger partial charge in [0, 0.05) is 6.54 Å². The van der Waals surface area contributed by atoms with Crippen LogP contribution in [0.15, 0.2) is 24.3 Å². The molecule has 2 N–H and O–H groups in total. The Labute approximate surface area is 85.9 Å². The van der Waals surface area contributed by atoms with Crippen molar-refractivity contribution in [3.05, 3.63) is 34.7 Å². The van der Waals surface area contributed by atoms with Gasteiger partial charge in [-0.15, -0.1) is 0 Å². The van der Waals surface area contributed by atoms with Crippen LogP contribution in [0, 0.1) is 0 Å². The van der Waals surface area contributed by atoms with Crippen molar-refractivity contribution in [3.8, 4) is 0 Å². The van der Waals surface area contributed by atoms with Gasteiger partial charge in [0.2, 0.25) is 0 Å².